The molecule has 1 amide bonds. The second-order valence-electron chi connectivity index (χ2n) is 9.00. The Morgan fingerprint density at radius 2 is 1.57 bits per heavy atom. The number of hydrogen-bond donors (Lipinski definition) is 0. The van der Waals surface area contributed by atoms with E-state index in [-0.39, 0.29) is 5.92 Å². The molecule has 2 saturated heterocycles. The van der Waals surface area contributed by atoms with E-state index in [1.807, 2.05) is 24.3 Å². The SMILES string of the molecule is N#Cc1ccc(N2CCC(C(=O)N3CCN(C4CCC4)CC3)CC2)c2ccccc12. The lowest BCUT2D eigenvalue weighted by molar-refractivity contribution is -0.138. The molecule has 2 heterocycles. The van der Waals surface area contributed by atoms with E-state index in [1.165, 1.54) is 24.9 Å². The number of piperazine rings is 1. The molecule has 2 aromatic carbocycles. The van der Waals surface area contributed by atoms with Crippen LogP contribution in [0.15, 0.2) is 36.4 Å². The third-order valence-corrected chi connectivity index (χ3v) is 7.42. The van der Waals surface area contributed by atoms with Gasteiger partial charge in [-0.05, 0) is 37.8 Å². The lowest BCUT2D eigenvalue weighted by Gasteiger charge is -2.44. The van der Waals surface area contributed by atoms with Gasteiger partial charge in [0.05, 0.1) is 11.6 Å². The summed E-state index contributed by atoms with van der Waals surface area (Å²) in [6.45, 7) is 5.69. The van der Waals surface area contributed by atoms with Crippen molar-refractivity contribution in [1.82, 2.24) is 9.80 Å². The zero-order valence-corrected chi connectivity index (χ0v) is 17.6. The van der Waals surface area contributed by atoms with Crippen molar-refractivity contribution in [1.29, 1.82) is 5.26 Å². The summed E-state index contributed by atoms with van der Waals surface area (Å²) >= 11 is 0. The van der Waals surface area contributed by atoms with Gasteiger partial charge in [0.2, 0.25) is 5.91 Å². The molecule has 156 valence electrons. The van der Waals surface area contributed by atoms with Crippen LogP contribution in [0.25, 0.3) is 10.8 Å². The first-order valence-corrected chi connectivity index (χ1v) is 11.4. The van der Waals surface area contributed by atoms with E-state index in [0.717, 1.165) is 74.5 Å². The van der Waals surface area contributed by atoms with E-state index >= 15 is 0 Å². The Balaban J connectivity index is 1.21. The molecule has 0 radical (unpaired) electrons. The summed E-state index contributed by atoms with van der Waals surface area (Å²) in [4.78, 5) is 20.2. The largest absolute Gasteiger partial charge is 0.371 e. The molecule has 0 N–H and O–H groups in total. The molecule has 3 aliphatic rings. The minimum absolute atomic E-state index is 0.154. The molecule has 0 aromatic heterocycles. The molecular formula is C25H30N4O. The van der Waals surface area contributed by atoms with E-state index in [0.29, 0.717) is 5.91 Å². The Morgan fingerprint density at radius 1 is 0.867 bits per heavy atom. The second kappa shape index (κ2) is 8.28. The Morgan fingerprint density at radius 3 is 2.20 bits per heavy atom. The van der Waals surface area contributed by atoms with Gasteiger partial charge in [-0.15, -0.1) is 0 Å². The standard InChI is InChI=1S/C25H30N4O/c26-18-20-8-9-24(23-7-2-1-6-22(20)23)28-12-10-19(11-13-28)25(30)29-16-14-27(15-17-29)21-4-3-5-21/h1-2,6-9,19,21H,3-5,10-17H2. The van der Waals surface area contributed by atoms with Gasteiger partial charge in [-0.2, -0.15) is 5.26 Å². The maximum atomic E-state index is 13.1. The number of carbonyl (C=O) groups is 1. The topological polar surface area (TPSA) is 50.6 Å². The molecule has 30 heavy (non-hydrogen) atoms. The predicted octanol–water partition coefficient (Wildman–Crippen LogP) is 3.62. The highest BCUT2D eigenvalue weighted by molar-refractivity contribution is 5.98. The first kappa shape index (κ1) is 19.4. The Kier molecular flexibility index (Phi) is 5.35. The van der Waals surface area contributed by atoms with Gasteiger partial charge in [0, 0.05) is 67.7 Å². The molecule has 5 nitrogen and oxygen atoms in total. The third-order valence-electron chi connectivity index (χ3n) is 7.42. The fraction of sp³-hybridized carbons (Fsp3) is 0.520. The highest BCUT2D eigenvalue weighted by Gasteiger charge is 2.33. The van der Waals surface area contributed by atoms with Crippen LogP contribution in [0.4, 0.5) is 5.69 Å². The Hall–Kier alpha value is -2.58. The summed E-state index contributed by atoms with van der Waals surface area (Å²) in [5, 5.41) is 11.6. The van der Waals surface area contributed by atoms with Crippen LogP contribution in [0.5, 0.6) is 0 Å². The van der Waals surface area contributed by atoms with E-state index in [4.69, 9.17) is 0 Å². The molecule has 0 bridgehead atoms. The maximum Gasteiger partial charge on any atom is 0.225 e. The number of piperidine rings is 1. The number of nitrogens with zero attached hydrogens (tertiary/aromatic N) is 4. The van der Waals surface area contributed by atoms with Gasteiger partial charge >= 0.3 is 0 Å². The van der Waals surface area contributed by atoms with Crippen molar-refractivity contribution in [3.63, 3.8) is 0 Å². The quantitative estimate of drug-likeness (QED) is 0.787. The van der Waals surface area contributed by atoms with Crippen molar-refractivity contribution < 1.29 is 4.79 Å². The number of amides is 1. The number of anilines is 1. The first-order valence-electron chi connectivity index (χ1n) is 11.4. The van der Waals surface area contributed by atoms with Crippen molar-refractivity contribution in [3.05, 3.63) is 42.0 Å². The normalized spacial score (nSPS) is 21.4. The van der Waals surface area contributed by atoms with Crippen LogP contribution in [-0.4, -0.2) is 61.0 Å². The zero-order chi connectivity index (χ0) is 20.5. The van der Waals surface area contributed by atoms with Gasteiger partial charge in [-0.25, -0.2) is 0 Å². The summed E-state index contributed by atoms with van der Waals surface area (Å²) < 4.78 is 0. The molecule has 1 saturated carbocycles. The van der Waals surface area contributed by atoms with Crippen LogP contribution in [0.2, 0.25) is 0 Å². The summed E-state index contributed by atoms with van der Waals surface area (Å²) in [5.74, 6) is 0.522. The smallest absolute Gasteiger partial charge is 0.225 e. The average Bonchev–Trinajstić information content (AvgIpc) is 2.77. The summed E-state index contributed by atoms with van der Waals surface area (Å²) in [5.41, 5.74) is 1.91. The van der Waals surface area contributed by atoms with E-state index in [1.54, 1.807) is 0 Å². The number of benzene rings is 2. The summed E-state index contributed by atoms with van der Waals surface area (Å²) in [6.07, 6.45) is 5.88. The van der Waals surface area contributed by atoms with Crippen LogP contribution >= 0.6 is 0 Å². The predicted molar refractivity (Wildman–Crippen MR) is 119 cm³/mol. The van der Waals surface area contributed by atoms with Crippen LogP contribution < -0.4 is 4.90 Å². The molecule has 1 aliphatic carbocycles. The van der Waals surface area contributed by atoms with Gasteiger partial charge < -0.3 is 9.80 Å². The van der Waals surface area contributed by atoms with Gasteiger partial charge in [-0.3, -0.25) is 9.69 Å². The molecule has 3 fully saturated rings. The molecule has 2 aromatic rings. The number of hydrogen-bond acceptors (Lipinski definition) is 4. The molecule has 0 spiro atoms. The molecule has 2 aliphatic heterocycles. The highest BCUT2D eigenvalue weighted by Crippen LogP contribution is 2.33. The van der Waals surface area contributed by atoms with Crippen molar-refractivity contribution in [3.8, 4) is 6.07 Å². The second-order valence-corrected chi connectivity index (χ2v) is 9.00. The van der Waals surface area contributed by atoms with Gasteiger partial charge in [0.15, 0.2) is 0 Å². The maximum absolute atomic E-state index is 13.1. The monoisotopic (exact) mass is 402 g/mol. The lowest BCUT2D eigenvalue weighted by atomic mass is 9.90. The van der Waals surface area contributed by atoms with Crippen molar-refractivity contribution in [2.24, 2.45) is 5.92 Å². The number of rotatable bonds is 3. The minimum atomic E-state index is 0.154. The highest BCUT2D eigenvalue weighted by atomic mass is 16.2. The zero-order valence-electron chi connectivity index (χ0n) is 17.6. The molecule has 5 rings (SSSR count). The number of nitriles is 1. The van der Waals surface area contributed by atoms with Crippen LogP contribution in [0.3, 0.4) is 0 Å². The summed E-state index contributed by atoms with van der Waals surface area (Å²) in [7, 11) is 0. The Bertz CT molecular complexity index is 961. The number of carbonyl (C=O) groups excluding carboxylic acids is 1. The van der Waals surface area contributed by atoms with Gasteiger partial charge in [0.1, 0.15) is 0 Å². The lowest BCUT2D eigenvalue weighted by Crippen LogP contribution is -2.55. The van der Waals surface area contributed by atoms with Crippen LogP contribution in [0, 0.1) is 17.2 Å². The minimum Gasteiger partial charge on any atom is -0.371 e. The van der Waals surface area contributed by atoms with E-state index in [9.17, 15) is 10.1 Å². The summed E-state index contributed by atoms with van der Waals surface area (Å²) in [6, 6.07) is 15.2. The molecule has 0 atom stereocenters. The fourth-order valence-electron chi connectivity index (χ4n) is 5.34. The number of fused-ring (bicyclic) bond motifs is 1. The molecular weight excluding hydrogens is 372 g/mol. The average molecular weight is 403 g/mol. The van der Waals surface area contributed by atoms with Gasteiger partial charge in [-0.1, -0.05) is 30.7 Å². The van der Waals surface area contributed by atoms with Crippen molar-refractivity contribution in [2.45, 2.75) is 38.1 Å². The molecule has 5 heteroatoms. The first-order chi connectivity index (χ1) is 14.7. The van der Waals surface area contributed by atoms with Crippen molar-refractivity contribution >= 4 is 22.4 Å². The Labute approximate surface area is 178 Å². The fourth-order valence-corrected chi connectivity index (χ4v) is 5.34. The van der Waals surface area contributed by atoms with E-state index in [2.05, 4.69) is 32.9 Å². The molecule has 0 unspecified atom stereocenters. The van der Waals surface area contributed by atoms with Crippen molar-refractivity contribution in [2.75, 3.05) is 44.2 Å². The third kappa shape index (κ3) is 3.54. The van der Waals surface area contributed by atoms with Crippen LogP contribution in [0.1, 0.15) is 37.7 Å². The van der Waals surface area contributed by atoms with Crippen LogP contribution in [-0.2, 0) is 4.79 Å². The van der Waals surface area contributed by atoms with Gasteiger partial charge in [0.25, 0.3) is 0 Å². The van der Waals surface area contributed by atoms with E-state index < -0.39 is 0 Å².